The maximum Gasteiger partial charge on any atom is 0.322 e. The van der Waals surface area contributed by atoms with Crippen LogP contribution in [0.25, 0.3) is 0 Å². The van der Waals surface area contributed by atoms with Gasteiger partial charge in [0.25, 0.3) is 0 Å². The molecule has 0 saturated heterocycles. The smallest absolute Gasteiger partial charge is 0.322 e. The highest BCUT2D eigenvalue weighted by Gasteiger charge is 2.30. The van der Waals surface area contributed by atoms with Crippen LogP contribution in [0.3, 0.4) is 0 Å². The number of nitrogens with two attached hydrogens (primary N) is 1. The van der Waals surface area contributed by atoms with Crippen molar-refractivity contribution in [2.24, 2.45) is 5.73 Å². The Kier molecular flexibility index (Phi) is 9.68. The number of amides is 3. The number of nitrogens with one attached hydrogen (secondary N) is 3. The molecule has 1 aromatic carbocycles. The zero-order chi connectivity index (χ0) is 22.8. The second-order valence-electron chi connectivity index (χ2n) is 6.56. The molecule has 0 spiro atoms. The maximum absolute atomic E-state index is 12.7. The molecule has 0 aliphatic heterocycles. The Labute approximate surface area is 172 Å². The summed E-state index contributed by atoms with van der Waals surface area (Å²) in [4.78, 5) is 47.5. The normalized spacial score (nSPS) is 14.7. The maximum atomic E-state index is 12.7. The van der Waals surface area contributed by atoms with Gasteiger partial charge in [-0.05, 0) is 24.6 Å². The van der Waals surface area contributed by atoms with Gasteiger partial charge in [-0.2, -0.15) is 0 Å². The summed E-state index contributed by atoms with van der Waals surface area (Å²) in [7, 11) is 0. The van der Waals surface area contributed by atoms with Crippen molar-refractivity contribution >= 4 is 23.7 Å². The molecule has 9 N–H and O–H groups in total. The fourth-order valence-corrected chi connectivity index (χ4v) is 2.37. The van der Waals surface area contributed by atoms with Crippen LogP contribution in [0.1, 0.15) is 12.5 Å². The van der Waals surface area contributed by atoms with Gasteiger partial charge in [0.05, 0.1) is 12.7 Å². The third-order valence-electron chi connectivity index (χ3n) is 4.02. The molecule has 1 aromatic rings. The Morgan fingerprint density at radius 3 is 2.13 bits per heavy atom. The third-order valence-corrected chi connectivity index (χ3v) is 4.02. The zero-order valence-corrected chi connectivity index (χ0v) is 16.2. The predicted octanol–water partition coefficient (Wildman–Crippen LogP) is -3.19. The van der Waals surface area contributed by atoms with E-state index in [1.54, 1.807) is 0 Å². The topological polar surface area (TPSA) is 211 Å². The van der Waals surface area contributed by atoms with Gasteiger partial charge in [0, 0.05) is 6.42 Å². The molecule has 166 valence electrons. The first-order chi connectivity index (χ1) is 14.0. The molecule has 12 heteroatoms. The molecular weight excluding hydrogens is 400 g/mol. The average Bonchev–Trinajstić information content (AvgIpc) is 2.69. The fraction of sp³-hybridized carbons (Fsp3) is 0.444. The quantitative estimate of drug-likeness (QED) is 0.179. The van der Waals surface area contributed by atoms with E-state index in [2.05, 4.69) is 16.0 Å². The zero-order valence-electron chi connectivity index (χ0n) is 16.2. The Hall–Kier alpha value is -3.22. The molecular formula is C18H26N4O8. The molecule has 12 nitrogen and oxygen atoms in total. The molecule has 0 heterocycles. The van der Waals surface area contributed by atoms with Crippen molar-refractivity contribution in [3.8, 4) is 5.75 Å². The lowest BCUT2D eigenvalue weighted by Gasteiger charge is -2.25. The van der Waals surface area contributed by atoms with Crippen molar-refractivity contribution in [1.82, 2.24) is 16.0 Å². The van der Waals surface area contributed by atoms with Gasteiger partial charge >= 0.3 is 5.97 Å². The molecule has 4 unspecified atom stereocenters. The van der Waals surface area contributed by atoms with E-state index in [-0.39, 0.29) is 12.2 Å². The minimum absolute atomic E-state index is 0.00430. The van der Waals surface area contributed by atoms with Crippen molar-refractivity contribution in [2.45, 2.75) is 37.6 Å². The number of carbonyl (C=O) groups is 4. The van der Waals surface area contributed by atoms with E-state index in [9.17, 15) is 29.4 Å². The summed E-state index contributed by atoms with van der Waals surface area (Å²) < 4.78 is 0. The Morgan fingerprint density at radius 2 is 1.63 bits per heavy atom. The number of aliphatic hydroxyl groups is 2. The first kappa shape index (κ1) is 24.8. The number of aromatic hydroxyl groups is 1. The van der Waals surface area contributed by atoms with Crippen LogP contribution >= 0.6 is 0 Å². The van der Waals surface area contributed by atoms with Crippen molar-refractivity contribution in [2.75, 3.05) is 13.2 Å². The van der Waals surface area contributed by atoms with Gasteiger partial charge in [0.2, 0.25) is 17.7 Å². The van der Waals surface area contributed by atoms with Crippen LogP contribution in [-0.2, 0) is 25.6 Å². The Balaban J connectivity index is 2.99. The van der Waals surface area contributed by atoms with Gasteiger partial charge in [0.15, 0.2) is 0 Å². The van der Waals surface area contributed by atoms with E-state index in [0.29, 0.717) is 5.56 Å². The Bertz CT molecular complexity index is 753. The third kappa shape index (κ3) is 8.03. The molecule has 0 aliphatic rings. The summed E-state index contributed by atoms with van der Waals surface area (Å²) in [5, 5.41) is 43.5. The SMILES string of the molecule is CC(O)C(NC(=O)C(Cc1ccc(O)cc1)NC(=O)C(N)CO)C(=O)NCC(=O)O. The highest BCUT2D eigenvalue weighted by Crippen LogP contribution is 2.12. The summed E-state index contributed by atoms with van der Waals surface area (Å²) in [6.07, 6.45) is -1.42. The van der Waals surface area contributed by atoms with Crippen LogP contribution in [0.4, 0.5) is 0 Å². The second kappa shape index (κ2) is 11.7. The van der Waals surface area contributed by atoms with Gasteiger partial charge in [-0.25, -0.2) is 0 Å². The van der Waals surface area contributed by atoms with Crippen molar-refractivity contribution < 1.29 is 39.6 Å². The van der Waals surface area contributed by atoms with E-state index < -0.39 is 61.1 Å². The number of aliphatic hydroxyl groups excluding tert-OH is 2. The van der Waals surface area contributed by atoms with Crippen LogP contribution in [0.15, 0.2) is 24.3 Å². The van der Waals surface area contributed by atoms with Crippen molar-refractivity contribution in [3.05, 3.63) is 29.8 Å². The highest BCUT2D eigenvalue weighted by molar-refractivity contribution is 5.94. The van der Waals surface area contributed by atoms with E-state index in [0.717, 1.165) is 0 Å². The van der Waals surface area contributed by atoms with E-state index in [4.69, 9.17) is 15.9 Å². The molecule has 1 rings (SSSR count). The minimum Gasteiger partial charge on any atom is -0.508 e. The van der Waals surface area contributed by atoms with Gasteiger partial charge < -0.3 is 42.1 Å². The van der Waals surface area contributed by atoms with E-state index >= 15 is 0 Å². The average molecular weight is 426 g/mol. The second-order valence-corrected chi connectivity index (χ2v) is 6.56. The van der Waals surface area contributed by atoms with Crippen LogP contribution in [0, 0.1) is 0 Å². The number of carboxylic acid groups (broad SMARTS) is 1. The van der Waals surface area contributed by atoms with E-state index in [1.807, 2.05) is 0 Å². The summed E-state index contributed by atoms with van der Waals surface area (Å²) in [5.41, 5.74) is 6.01. The van der Waals surface area contributed by atoms with Gasteiger partial charge in [-0.3, -0.25) is 19.2 Å². The largest absolute Gasteiger partial charge is 0.508 e. The molecule has 4 atom stereocenters. The standard InChI is InChI=1S/C18H26N4O8/c1-9(24)15(18(30)20-7-14(26)27)22-17(29)13(21-16(28)12(19)8-23)6-10-2-4-11(25)5-3-10/h2-5,9,12-13,15,23-25H,6-8,19H2,1H3,(H,20,30)(H,21,28)(H,22,29)(H,26,27). The van der Waals surface area contributed by atoms with Crippen LogP contribution < -0.4 is 21.7 Å². The van der Waals surface area contributed by atoms with E-state index in [1.165, 1.54) is 31.2 Å². The number of hydrogen-bond acceptors (Lipinski definition) is 8. The molecule has 0 saturated carbocycles. The number of benzene rings is 1. The number of hydrogen-bond donors (Lipinski definition) is 8. The number of phenolic OH excluding ortho intramolecular Hbond substituents is 1. The number of carboxylic acids is 1. The molecule has 3 amide bonds. The molecule has 0 fully saturated rings. The summed E-state index contributed by atoms with van der Waals surface area (Å²) in [6.45, 7) is -0.148. The first-order valence-electron chi connectivity index (χ1n) is 8.97. The van der Waals surface area contributed by atoms with Crippen LogP contribution in [-0.4, -0.2) is 81.5 Å². The number of phenols is 1. The summed E-state index contributed by atoms with van der Waals surface area (Å²) in [6, 6.07) is 1.77. The highest BCUT2D eigenvalue weighted by atomic mass is 16.4. The molecule has 0 aromatic heterocycles. The lowest BCUT2D eigenvalue weighted by molar-refractivity contribution is -0.139. The van der Waals surface area contributed by atoms with Gasteiger partial charge in [0.1, 0.15) is 30.4 Å². The van der Waals surface area contributed by atoms with Crippen LogP contribution in [0.5, 0.6) is 5.75 Å². The number of rotatable bonds is 11. The van der Waals surface area contributed by atoms with Gasteiger partial charge in [-0.15, -0.1) is 0 Å². The predicted molar refractivity (Wildman–Crippen MR) is 103 cm³/mol. The number of aliphatic carboxylic acids is 1. The lowest BCUT2D eigenvalue weighted by atomic mass is 10.0. The van der Waals surface area contributed by atoms with Crippen molar-refractivity contribution in [1.29, 1.82) is 0 Å². The summed E-state index contributed by atoms with van der Waals surface area (Å²) in [5.74, 6) is -3.91. The van der Waals surface area contributed by atoms with Crippen LogP contribution in [0.2, 0.25) is 0 Å². The van der Waals surface area contributed by atoms with Gasteiger partial charge in [-0.1, -0.05) is 12.1 Å². The minimum atomic E-state index is -1.48. The Morgan fingerprint density at radius 1 is 1.03 bits per heavy atom. The van der Waals surface area contributed by atoms with Crippen molar-refractivity contribution in [3.63, 3.8) is 0 Å². The summed E-state index contributed by atoms with van der Waals surface area (Å²) >= 11 is 0. The molecule has 30 heavy (non-hydrogen) atoms. The molecule has 0 aliphatic carbocycles. The molecule has 0 bridgehead atoms. The fourth-order valence-electron chi connectivity index (χ4n) is 2.37. The lowest BCUT2D eigenvalue weighted by Crippen LogP contribution is -2.59. The first-order valence-corrected chi connectivity index (χ1v) is 8.97. The monoisotopic (exact) mass is 426 g/mol. The number of carbonyl (C=O) groups excluding carboxylic acids is 3. The molecule has 0 radical (unpaired) electrons.